The van der Waals surface area contributed by atoms with E-state index in [1.54, 1.807) is 0 Å². The molecule has 18 heteroatoms. The molecule has 3 aromatic rings. The summed E-state index contributed by atoms with van der Waals surface area (Å²) in [4.78, 5) is 15.5. The van der Waals surface area contributed by atoms with E-state index in [2.05, 4.69) is 9.58 Å². The lowest BCUT2D eigenvalue weighted by Gasteiger charge is -2.15. The quantitative estimate of drug-likeness (QED) is 0.121. The fraction of sp³-hybridized carbons (Fsp3) is 0.0741. The van der Waals surface area contributed by atoms with Crippen LogP contribution < -0.4 is 0 Å². The molecule has 0 radical (unpaired) electrons. The molecule has 2 aliphatic rings. The SMILES string of the molecule is O=C(O)c1cc(O)cc(O)c1.[N-]=[N+]=C1C=Cc2c(cccc2S(=O)(=O)O)C1O.[N-]=[N+]=C1C=Cc2c(cccc2S(=O)(=O)O)C1O. The Hall–Kier alpha value is -5.29. The van der Waals surface area contributed by atoms with Crippen molar-refractivity contribution in [2.75, 3.05) is 0 Å². The van der Waals surface area contributed by atoms with E-state index in [1.807, 2.05) is 0 Å². The summed E-state index contributed by atoms with van der Waals surface area (Å²) < 4.78 is 62.6. The van der Waals surface area contributed by atoms with E-state index in [-0.39, 0.29) is 60.5 Å². The number of carboxylic acids is 1. The first-order valence-corrected chi connectivity index (χ1v) is 15.0. The minimum Gasteiger partial charge on any atom is -0.508 e. The minimum atomic E-state index is -4.36. The van der Waals surface area contributed by atoms with Gasteiger partial charge in [-0.1, -0.05) is 24.3 Å². The Balaban J connectivity index is 0.000000189. The number of hydrogen-bond donors (Lipinski definition) is 7. The number of aromatic hydroxyl groups is 2. The Morgan fingerprint density at radius 1 is 0.667 bits per heavy atom. The van der Waals surface area contributed by atoms with Crippen molar-refractivity contribution in [2.45, 2.75) is 22.0 Å². The minimum absolute atomic E-state index is 0.00462. The number of carbonyl (C=O) groups is 1. The fourth-order valence-electron chi connectivity index (χ4n) is 4.14. The summed E-state index contributed by atoms with van der Waals surface area (Å²) in [6.45, 7) is 0. The molecule has 0 aromatic heterocycles. The summed E-state index contributed by atoms with van der Waals surface area (Å²) in [5.41, 5.74) is 18.0. The molecule has 0 aliphatic heterocycles. The zero-order valence-corrected chi connectivity index (χ0v) is 24.1. The van der Waals surface area contributed by atoms with Crippen LogP contribution in [0.15, 0.2) is 76.5 Å². The number of aliphatic hydroxyl groups is 2. The van der Waals surface area contributed by atoms with Crippen LogP contribution in [-0.4, -0.2) is 78.4 Å². The molecule has 2 atom stereocenters. The largest absolute Gasteiger partial charge is 0.508 e. The van der Waals surface area contributed by atoms with Crippen LogP contribution in [0.4, 0.5) is 0 Å². The number of fused-ring (bicyclic) bond motifs is 2. The van der Waals surface area contributed by atoms with Crippen LogP contribution in [0.1, 0.15) is 44.8 Å². The molecule has 3 aromatic carbocycles. The van der Waals surface area contributed by atoms with Crippen molar-refractivity contribution in [3.8, 4) is 11.5 Å². The van der Waals surface area contributed by atoms with Crippen LogP contribution in [0.2, 0.25) is 0 Å². The average molecular weight is 659 g/mol. The molecule has 0 heterocycles. The molecule has 0 saturated heterocycles. The third-order valence-corrected chi connectivity index (χ3v) is 7.95. The summed E-state index contributed by atoms with van der Waals surface area (Å²) in [5, 5.41) is 45.6. The van der Waals surface area contributed by atoms with Gasteiger partial charge in [0.2, 0.25) is 0 Å². The first-order valence-electron chi connectivity index (χ1n) is 12.1. The molecule has 2 unspecified atom stereocenters. The Morgan fingerprint density at radius 3 is 1.36 bits per heavy atom. The van der Waals surface area contributed by atoms with Gasteiger partial charge in [-0.25, -0.2) is 4.79 Å². The number of aliphatic hydroxyl groups excluding tert-OH is 2. The van der Waals surface area contributed by atoms with Gasteiger partial charge in [0.1, 0.15) is 21.3 Å². The van der Waals surface area contributed by atoms with Crippen LogP contribution in [0.5, 0.6) is 11.5 Å². The number of carboxylic acid groups (broad SMARTS) is 1. The van der Waals surface area contributed by atoms with Gasteiger partial charge < -0.3 is 36.6 Å². The second kappa shape index (κ2) is 13.6. The van der Waals surface area contributed by atoms with Crippen molar-refractivity contribution >= 4 is 49.8 Å². The van der Waals surface area contributed by atoms with Gasteiger partial charge in [-0.3, -0.25) is 9.11 Å². The third-order valence-electron chi connectivity index (χ3n) is 6.13. The smallest absolute Gasteiger partial charge is 0.335 e. The van der Waals surface area contributed by atoms with E-state index in [4.69, 9.17) is 35.5 Å². The van der Waals surface area contributed by atoms with Gasteiger partial charge in [0, 0.05) is 40.5 Å². The molecule has 16 nitrogen and oxygen atoms in total. The standard InChI is InChI=1S/2C10H8N2O4S.C7H6O4/c2*11-12-8-5-4-6-7(10(8)13)2-1-3-9(6)17(14,15)16;8-5-1-4(7(10)11)2-6(9)3-5/h2*1-5,10,13H,(H,14,15,16);1-3,8-9H,(H,10,11). The summed E-state index contributed by atoms with van der Waals surface area (Å²) in [6.07, 6.45) is 2.84. The summed E-state index contributed by atoms with van der Waals surface area (Å²) in [6, 6.07) is 11.4. The Kier molecular flexibility index (Phi) is 10.3. The van der Waals surface area contributed by atoms with Crippen LogP contribution >= 0.6 is 0 Å². The van der Waals surface area contributed by atoms with Crippen LogP contribution in [0.25, 0.3) is 23.2 Å². The number of aromatic carboxylic acids is 1. The lowest BCUT2D eigenvalue weighted by atomic mass is 9.93. The molecule has 2 aliphatic carbocycles. The highest BCUT2D eigenvalue weighted by Crippen LogP contribution is 2.31. The van der Waals surface area contributed by atoms with Crippen LogP contribution in [0, 0.1) is 0 Å². The second-order valence-corrected chi connectivity index (χ2v) is 11.8. The van der Waals surface area contributed by atoms with Crippen LogP contribution in [0.3, 0.4) is 0 Å². The topological polar surface area (TPSA) is 300 Å². The zero-order chi connectivity index (χ0) is 33.7. The van der Waals surface area contributed by atoms with E-state index >= 15 is 0 Å². The predicted molar refractivity (Wildman–Crippen MR) is 154 cm³/mol. The molecular weight excluding hydrogens is 636 g/mol. The van der Waals surface area contributed by atoms with Gasteiger partial charge >= 0.3 is 17.4 Å². The molecule has 0 saturated carbocycles. The van der Waals surface area contributed by atoms with Gasteiger partial charge in [-0.05, 0) is 36.4 Å². The maximum absolute atomic E-state index is 11.1. The molecule has 0 spiro atoms. The number of phenols is 2. The molecule has 0 fully saturated rings. The van der Waals surface area contributed by atoms with E-state index < -0.39 is 38.4 Å². The highest BCUT2D eigenvalue weighted by atomic mass is 32.2. The maximum atomic E-state index is 11.1. The lowest BCUT2D eigenvalue weighted by molar-refractivity contribution is -0.0191. The van der Waals surface area contributed by atoms with Crippen molar-refractivity contribution in [3.63, 3.8) is 0 Å². The Morgan fingerprint density at radius 2 is 1.04 bits per heavy atom. The molecule has 234 valence electrons. The molecule has 5 rings (SSSR count). The van der Waals surface area contributed by atoms with Crippen molar-refractivity contribution < 1.29 is 65.8 Å². The lowest BCUT2D eigenvalue weighted by Crippen LogP contribution is -2.17. The summed E-state index contributed by atoms with van der Waals surface area (Å²) in [7, 11) is -8.71. The second-order valence-electron chi connectivity index (χ2n) is 9.03. The average Bonchev–Trinajstić information content (AvgIpc) is 2.96. The van der Waals surface area contributed by atoms with Gasteiger partial charge in [-0.2, -0.15) is 26.4 Å². The molecule has 45 heavy (non-hydrogen) atoms. The molecule has 0 amide bonds. The van der Waals surface area contributed by atoms with E-state index in [1.165, 1.54) is 60.7 Å². The van der Waals surface area contributed by atoms with Crippen LogP contribution in [-0.2, 0) is 20.2 Å². The number of benzene rings is 3. The first kappa shape index (κ1) is 34.2. The fourth-order valence-corrected chi connectivity index (χ4v) is 5.57. The summed E-state index contributed by atoms with van der Waals surface area (Å²) >= 11 is 0. The van der Waals surface area contributed by atoms with E-state index in [0.29, 0.717) is 0 Å². The van der Waals surface area contributed by atoms with Gasteiger partial charge in [0.05, 0.1) is 5.56 Å². The van der Waals surface area contributed by atoms with E-state index in [0.717, 1.165) is 18.2 Å². The molecular formula is C27H22N4O12S2. The van der Waals surface area contributed by atoms with Gasteiger partial charge in [0.25, 0.3) is 20.2 Å². The van der Waals surface area contributed by atoms with Crippen molar-refractivity contribution in [2.24, 2.45) is 0 Å². The molecule has 7 N–H and O–H groups in total. The predicted octanol–water partition coefficient (Wildman–Crippen LogP) is 2.12. The van der Waals surface area contributed by atoms with Crippen molar-refractivity contribution in [1.29, 1.82) is 0 Å². The Bertz CT molecular complexity index is 1920. The van der Waals surface area contributed by atoms with Gasteiger partial charge in [0.15, 0.2) is 12.2 Å². The number of hydrogen-bond acceptors (Lipinski definition) is 9. The number of phenolic OH excluding ortho intramolecular Hbond substituents is 2. The van der Waals surface area contributed by atoms with Gasteiger partial charge in [-0.15, -0.1) is 0 Å². The monoisotopic (exact) mass is 658 g/mol. The highest BCUT2D eigenvalue weighted by Gasteiger charge is 2.31. The van der Waals surface area contributed by atoms with E-state index in [9.17, 15) is 31.8 Å². The maximum Gasteiger partial charge on any atom is 0.335 e. The third kappa shape index (κ3) is 8.01. The summed E-state index contributed by atoms with van der Waals surface area (Å²) in [5.74, 6) is -1.71. The first-order chi connectivity index (χ1) is 21.0. The molecule has 0 bridgehead atoms. The number of rotatable bonds is 3. The normalized spacial score (nSPS) is 16.4. The van der Waals surface area contributed by atoms with Crippen molar-refractivity contribution in [1.82, 2.24) is 0 Å². The highest BCUT2D eigenvalue weighted by molar-refractivity contribution is 7.86. The van der Waals surface area contributed by atoms with Crippen molar-refractivity contribution in [3.05, 3.63) is 106 Å². The number of nitrogens with zero attached hydrogens (tertiary/aromatic N) is 4. The Labute approximate surface area is 254 Å². The zero-order valence-electron chi connectivity index (χ0n) is 22.4.